The number of thiol groups is 1. The first-order valence-corrected chi connectivity index (χ1v) is 8.86. The number of hydrogen-bond acceptors (Lipinski definition) is 3. The van der Waals surface area contributed by atoms with Gasteiger partial charge in [0.25, 0.3) is 0 Å². The van der Waals surface area contributed by atoms with Crippen LogP contribution in [-0.4, -0.2) is 22.5 Å². The van der Waals surface area contributed by atoms with E-state index in [1.54, 1.807) is 0 Å². The van der Waals surface area contributed by atoms with Crippen LogP contribution in [0.15, 0.2) is 54.6 Å². The molecule has 2 aromatic rings. The van der Waals surface area contributed by atoms with E-state index >= 15 is 0 Å². The van der Waals surface area contributed by atoms with Crippen molar-refractivity contribution in [3.63, 3.8) is 0 Å². The second kappa shape index (κ2) is 8.21. The molecule has 1 heterocycles. The molecule has 25 heavy (non-hydrogen) atoms. The van der Waals surface area contributed by atoms with Crippen LogP contribution in [0.5, 0.6) is 11.5 Å². The third kappa shape index (κ3) is 5.10. The quantitative estimate of drug-likeness (QED) is 0.795. The number of likely N-dealkylation sites (tertiary alicyclic amines) is 1. The number of hydrogen-bond donors (Lipinski definition) is 1. The maximum Gasteiger partial charge on any atom is 0.223 e. The molecular formula is C20H21NO3S. The second-order valence-corrected chi connectivity index (χ2v) is 6.83. The minimum absolute atomic E-state index is 0.107. The summed E-state index contributed by atoms with van der Waals surface area (Å²) in [6.07, 6.45) is 1.67. The van der Waals surface area contributed by atoms with Gasteiger partial charge in [0.2, 0.25) is 5.91 Å². The van der Waals surface area contributed by atoms with Crippen LogP contribution >= 0.6 is 12.6 Å². The Bertz CT molecular complexity index is 730. The number of rotatable bonds is 6. The highest BCUT2D eigenvalue weighted by atomic mass is 32.1. The molecule has 1 saturated heterocycles. The van der Waals surface area contributed by atoms with Crippen LogP contribution < -0.4 is 4.74 Å². The van der Waals surface area contributed by atoms with Gasteiger partial charge in [-0.25, -0.2) is 0 Å². The first-order valence-electron chi connectivity index (χ1n) is 8.41. The van der Waals surface area contributed by atoms with Gasteiger partial charge in [0, 0.05) is 25.9 Å². The van der Waals surface area contributed by atoms with E-state index < -0.39 is 0 Å². The van der Waals surface area contributed by atoms with Gasteiger partial charge in [0.1, 0.15) is 11.5 Å². The molecule has 5 heteroatoms. The van der Waals surface area contributed by atoms with Crippen molar-refractivity contribution in [1.82, 2.24) is 4.90 Å². The average Bonchev–Trinajstić information content (AvgIpc) is 2.59. The molecule has 4 nitrogen and oxygen atoms in total. The lowest BCUT2D eigenvalue weighted by Gasteiger charge is -2.31. The van der Waals surface area contributed by atoms with E-state index in [9.17, 15) is 9.59 Å². The van der Waals surface area contributed by atoms with E-state index in [1.807, 2.05) is 59.5 Å². The predicted molar refractivity (Wildman–Crippen MR) is 99.7 cm³/mol. The molecule has 0 saturated carbocycles. The fraction of sp³-hybridized carbons (Fsp3) is 0.300. The van der Waals surface area contributed by atoms with Crippen molar-refractivity contribution in [3.8, 4) is 11.5 Å². The first kappa shape index (κ1) is 17.5. The summed E-state index contributed by atoms with van der Waals surface area (Å²) in [4.78, 5) is 25.2. The van der Waals surface area contributed by atoms with Gasteiger partial charge in [-0.3, -0.25) is 9.59 Å². The fourth-order valence-electron chi connectivity index (χ4n) is 3.04. The molecule has 1 atom stereocenters. The van der Waals surface area contributed by atoms with Crippen LogP contribution in [0.2, 0.25) is 0 Å². The zero-order valence-electron chi connectivity index (χ0n) is 13.9. The van der Waals surface area contributed by atoms with Gasteiger partial charge >= 0.3 is 0 Å². The molecule has 1 amide bonds. The summed E-state index contributed by atoms with van der Waals surface area (Å²) < 4.78 is 5.78. The van der Waals surface area contributed by atoms with Crippen LogP contribution in [0.4, 0.5) is 0 Å². The SMILES string of the molecule is O=C(S)C[C@H]1CCN(Cc2ccc(Oc3ccccc3)cc2)C(=O)C1. The Morgan fingerprint density at radius 2 is 1.76 bits per heavy atom. The Labute approximate surface area is 153 Å². The Morgan fingerprint density at radius 3 is 2.40 bits per heavy atom. The molecule has 0 bridgehead atoms. The summed E-state index contributed by atoms with van der Waals surface area (Å²) in [5, 5.41) is -0.139. The summed E-state index contributed by atoms with van der Waals surface area (Å²) in [5.41, 5.74) is 1.07. The van der Waals surface area contributed by atoms with Crippen LogP contribution in [0.1, 0.15) is 24.8 Å². The number of amides is 1. The molecule has 0 radical (unpaired) electrons. The number of ether oxygens (including phenoxy) is 1. The molecule has 1 aliphatic heterocycles. The molecule has 0 aliphatic carbocycles. The van der Waals surface area contributed by atoms with E-state index in [2.05, 4.69) is 12.6 Å². The smallest absolute Gasteiger partial charge is 0.223 e. The lowest BCUT2D eigenvalue weighted by atomic mass is 9.93. The minimum atomic E-state index is -0.139. The molecule has 1 aliphatic rings. The number of nitrogens with zero attached hydrogens (tertiary/aromatic N) is 1. The molecule has 0 unspecified atom stereocenters. The lowest BCUT2D eigenvalue weighted by molar-refractivity contribution is -0.135. The van der Waals surface area contributed by atoms with Gasteiger partial charge in [-0.15, -0.1) is 12.6 Å². The predicted octanol–water partition coefficient (Wildman–Crippen LogP) is 4.06. The van der Waals surface area contributed by atoms with Crippen molar-refractivity contribution in [2.24, 2.45) is 5.92 Å². The zero-order valence-corrected chi connectivity index (χ0v) is 14.8. The van der Waals surface area contributed by atoms with E-state index in [1.165, 1.54) is 0 Å². The van der Waals surface area contributed by atoms with Gasteiger partial charge in [0.15, 0.2) is 5.12 Å². The summed E-state index contributed by atoms with van der Waals surface area (Å²) >= 11 is 3.81. The van der Waals surface area contributed by atoms with Crippen molar-refractivity contribution < 1.29 is 14.3 Å². The largest absolute Gasteiger partial charge is 0.457 e. The number of para-hydroxylation sites is 1. The topological polar surface area (TPSA) is 46.6 Å². The summed E-state index contributed by atoms with van der Waals surface area (Å²) in [7, 11) is 0. The van der Waals surface area contributed by atoms with Gasteiger partial charge in [0.05, 0.1) is 0 Å². The van der Waals surface area contributed by atoms with Crippen molar-refractivity contribution in [3.05, 3.63) is 60.2 Å². The first-order chi connectivity index (χ1) is 12.1. The van der Waals surface area contributed by atoms with Crippen molar-refractivity contribution in [2.75, 3.05) is 6.54 Å². The highest BCUT2D eigenvalue weighted by Gasteiger charge is 2.26. The van der Waals surface area contributed by atoms with Crippen molar-refractivity contribution in [1.29, 1.82) is 0 Å². The molecule has 2 aromatic carbocycles. The normalized spacial score (nSPS) is 17.4. The van der Waals surface area contributed by atoms with E-state index in [-0.39, 0.29) is 16.9 Å². The van der Waals surface area contributed by atoms with Gasteiger partial charge in [-0.2, -0.15) is 0 Å². The molecule has 0 N–H and O–H groups in total. The summed E-state index contributed by atoms with van der Waals surface area (Å²) in [6, 6.07) is 17.4. The second-order valence-electron chi connectivity index (χ2n) is 6.33. The molecular weight excluding hydrogens is 334 g/mol. The third-order valence-electron chi connectivity index (χ3n) is 4.36. The highest BCUT2D eigenvalue weighted by Crippen LogP contribution is 2.25. The number of carbonyl (C=O) groups excluding carboxylic acids is 2. The number of benzene rings is 2. The van der Waals surface area contributed by atoms with Crippen LogP contribution in [0, 0.1) is 5.92 Å². The van der Waals surface area contributed by atoms with E-state index in [4.69, 9.17) is 4.74 Å². The molecule has 130 valence electrons. The fourth-order valence-corrected chi connectivity index (χ4v) is 3.30. The van der Waals surface area contributed by atoms with Crippen molar-refractivity contribution >= 4 is 23.7 Å². The minimum Gasteiger partial charge on any atom is -0.457 e. The summed E-state index contributed by atoms with van der Waals surface area (Å²) in [6.45, 7) is 1.28. The standard InChI is InChI=1S/C20H21NO3S/c22-19-12-16(13-20(23)25)10-11-21(19)14-15-6-8-18(9-7-15)24-17-4-2-1-3-5-17/h1-9,16H,10-14H2,(H,23,25)/t16-/m0/s1. The maximum atomic E-state index is 12.3. The molecule has 0 spiro atoms. The van der Waals surface area contributed by atoms with Gasteiger partial charge in [-0.1, -0.05) is 30.3 Å². The maximum absolute atomic E-state index is 12.3. The van der Waals surface area contributed by atoms with Crippen molar-refractivity contribution in [2.45, 2.75) is 25.8 Å². The van der Waals surface area contributed by atoms with Crippen LogP contribution in [-0.2, 0) is 16.1 Å². The van der Waals surface area contributed by atoms with Gasteiger partial charge < -0.3 is 9.64 Å². The Morgan fingerprint density at radius 1 is 1.08 bits per heavy atom. The Hall–Kier alpha value is -2.27. The number of carbonyl (C=O) groups is 2. The molecule has 0 aromatic heterocycles. The molecule has 1 fully saturated rings. The monoisotopic (exact) mass is 355 g/mol. The Kier molecular flexibility index (Phi) is 5.76. The van der Waals surface area contributed by atoms with Crippen LogP contribution in [0.25, 0.3) is 0 Å². The third-order valence-corrected chi connectivity index (χ3v) is 4.54. The summed E-state index contributed by atoms with van der Waals surface area (Å²) in [5.74, 6) is 1.81. The average molecular weight is 355 g/mol. The van der Waals surface area contributed by atoms with E-state index in [0.717, 1.165) is 23.5 Å². The molecule has 3 rings (SSSR count). The zero-order chi connectivity index (χ0) is 17.6. The lowest BCUT2D eigenvalue weighted by Crippen LogP contribution is -2.38. The van der Waals surface area contributed by atoms with Gasteiger partial charge in [-0.05, 0) is 42.2 Å². The number of piperidine rings is 1. The highest BCUT2D eigenvalue weighted by molar-refractivity contribution is 7.96. The van der Waals surface area contributed by atoms with Crippen LogP contribution in [0.3, 0.4) is 0 Å². The van der Waals surface area contributed by atoms with E-state index in [0.29, 0.717) is 25.9 Å². The Balaban J connectivity index is 1.55.